The molecular formula is C26H22F3N5O2. The Hall–Kier alpha value is -4.18. The topological polar surface area (TPSA) is 85.0 Å². The zero-order valence-corrected chi connectivity index (χ0v) is 19.2. The van der Waals surface area contributed by atoms with Crippen molar-refractivity contribution in [2.24, 2.45) is 0 Å². The molecule has 2 N–H and O–H groups in total. The van der Waals surface area contributed by atoms with E-state index >= 15 is 0 Å². The van der Waals surface area contributed by atoms with Gasteiger partial charge in [-0.25, -0.2) is 0 Å². The Labute approximate surface area is 203 Å². The van der Waals surface area contributed by atoms with Gasteiger partial charge in [0.25, 0.3) is 5.91 Å². The molecule has 0 saturated carbocycles. The Morgan fingerprint density at radius 1 is 1.08 bits per heavy atom. The molecule has 3 aromatic heterocycles. The van der Waals surface area contributed by atoms with Gasteiger partial charge in [-0.2, -0.15) is 18.3 Å². The van der Waals surface area contributed by atoms with Crippen LogP contribution in [-0.2, 0) is 12.7 Å². The highest BCUT2D eigenvalue weighted by Gasteiger charge is 2.30. The van der Waals surface area contributed by atoms with E-state index < -0.39 is 17.8 Å². The third-order valence-electron chi connectivity index (χ3n) is 6.05. The molecule has 10 heteroatoms. The molecule has 0 bridgehead atoms. The highest BCUT2D eigenvalue weighted by atomic mass is 19.4. The van der Waals surface area contributed by atoms with Crippen LogP contribution in [0, 0.1) is 0 Å². The maximum atomic E-state index is 13.1. The molecule has 5 aromatic rings. The number of halogens is 3. The number of aryl methyl sites for hydroxylation is 1. The lowest BCUT2D eigenvalue weighted by molar-refractivity contribution is -0.137. The molecule has 2 aromatic carbocycles. The van der Waals surface area contributed by atoms with E-state index in [0.717, 1.165) is 22.9 Å². The first-order chi connectivity index (χ1) is 17.3. The van der Waals surface area contributed by atoms with E-state index in [9.17, 15) is 23.1 Å². The molecule has 0 spiro atoms. The number of nitrogens with zero attached hydrogens (tertiary/aromatic N) is 4. The van der Waals surface area contributed by atoms with Crippen molar-refractivity contribution < 1.29 is 23.1 Å². The molecule has 0 unspecified atom stereocenters. The summed E-state index contributed by atoms with van der Waals surface area (Å²) in [5.41, 5.74) is 1.98. The predicted molar refractivity (Wildman–Crippen MR) is 129 cm³/mol. The molecule has 0 saturated heterocycles. The van der Waals surface area contributed by atoms with Crippen molar-refractivity contribution in [1.82, 2.24) is 24.6 Å². The molecule has 1 amide bonds. The van der Waals surface area contributed by atoms with Crippen LogP contribution in [0.1, 0.15) is 34.6 Å². The second-order valence-electron chi connectivity index (χ2n) is 8.30. The number of benzene rings is 2. The van der Waals surface area contributed by atoms with E-state index in [4.69, 9.17) is 0 Å². The largest absolute Gasteiger partial charge is 0.416 e. The smallest absolute Gasteiger partial charge is 0.394 e. The van der Waals surface area contributed by atoms with Crippen molar-refractivity contribution in [3.8, 4) is 5.69 Å². The van der Waals surface area contributed by atoms with Crippen LogP contribution in [0.5, 0.6) is 0 Å². The number of hydrogen-bond acceptors (Lipinski definition) is 4. The molecule has 1 atom stereocenters. The van der Waals surface area contributed by atoms with Gasteiger partial charge in [0.05, 0.1) is 29.4 Å². The number of hydrogen-bond donors (Lipinski definition) is 2. The summed E-state index contributed by atoms with van der Waals surface area (Å²) in [5.74, 6) is -0.389. The van der Waals surface area contributed by atoms with Crippen LogP contribution in [-0.4, -0.2) is 37.0 Å². The number of aromatic nitrogens is 4. The number of pyridine rings is 1. The van der Waals surface area contributed by atoms with Gasteiger partial charge in [0.2, 0.25) is 0 Å². The number of fused-ring (bicyclic) bond motifs is 3. The number of aliphatic hydroxyl groups is 1. The fourth-order valence-electron chi connectivity index (χ4n) is 4.23. The summed E-state index contributed by atoms with van der Waals surface area (Å²) in [6.45, 7) is 2.22. The number of aliphatic hydroxyl groups excluding tert-OH is 1. The Bertz CT molecular complexity index is 1540. The SMILES string of the molecule is CCn1cc2c3cc(C(=O)N[C@@H](CO)c4ccccn4)ccc3n(-c3ccc(C(F)(F)F)cc3)c2n1. The number of carbonyl (C=O) groups excluding carboxylic acids is 1. The molecule has 3 heterocycles. The van der Waals surface area contributed by atoms with E-state index in [0.29, 0.717) is 34.7 Å². The molecule has 0 radical (unpaired) electrons. The lowest BCUT2D eigenvalue weighted by Gasteiger charge is -2.16. The summed E-state index contributed by atoms with van der Waals surface area (Å²) in [7, 11) is 0. The zero-order chi connectivity index (χ0) is 25.4. The highest BCUT2D eigenvalue weighted by Crippen LogP contribution is 2.34. The van der Waals surface area contributed by atoms with Gasteiger partial charge in [-0.3, -0.25) is 19.0 Å². The van der Waals surface area contributed by atoms with Crippen LogP contribution in [0.2, 0.25) is 0 Å². The standard InChI is InChI=1S/C26H22F3N5O2/c1-2-33-14-20-19-13-16(25(36)31-22(15-35)21-5-3-4-12-30-21)6-11-23(19)34(24(20)32-33)18-9-7-17(8-10-18)26(27,28)29/h3-14,22,35H,2,15H2,1H3,(H,31,36)/t22-/m0/s1. The first-order valence-corrected chi connectivity index (χ1v) is 11.3. The van der Waals surface area contributed by atoms with E-state index in [-0.39, 0.29) is 12.5 Å². The minimum atomic E-state index is -4.43. The van der Waals surface area contributed by atoms with Gasteiger partial charge in [-0.05, 0) is 61.5 Å². The number of carbonyl (C=O) groups is 1. The van der Waals surface area contributed by atoms with Crippen LogP contribution >= 0.6 is 0 Å². The monoisotopic (exact) mass is 493 g/mol. The van der Waals surface area contributed by atoms with Gasteiger partial charge in [-0.1, -0.05) is 6.07 Å². The molecule has 184 valence electrons. The van der Waals surface area contributed by atoms with Crippen LogP contribution < -0.4 is 5.32 Å². The van der Waals surface area contributed by atoms with Crippen molar-refractivity contribution >= 4 is 27.8 Å². The predicted octanol–water partition coefficient (Wildman–Crippen LogP) is 4.88. The molecule has 0 fully saturated rings. The van der Waals surface area contributed by atoms with Gasteiger partial charge in [0, 0.05) is 41.0 Å². The molecule has 7 nitrogen and oxygen atoms in total. The Kier molecular flexibility index (Phi) is 5.97. The van der Waals surface area contributed by atoms with E-state index in [1.807, 2.05) is 13.1 Å². The van der Waals surface area contributed by atoms with Crippen molar-refractivity contribution in [3.63, 3.8) is 0 Å². The second-order valence-corrected chi connectivity index (χ2v) is 8.30. The maximum absolute atomic E-state index is 13.1. The van der Waals surface area contributed by atoms with Gasteiger partial charge in [-0.15, -0.1) is 0 Å². The summed E-state index contributed by atoms with van der Waals surface area (Å²) in [4.78, 5) is 17.3. The number of rotatable bonds is 6. The summed E-state index contributed by atoms with van der Waals surface area (Å²) in [6.07, 6.45) is -0.993. The summed E-state index contributed by atoms with van der Waals surface area (Å²) in [5, 5.41) is 18.7. The Morgan fingerprint density at radius 3 is 2.50 bits per heavy atom. The van der Waals surface area contributed by atoms with Gasteiger partial charge in [0.1, 0.15) is 0 Å². The van der Waals surface area contributed by atoms with Gasteiger partial charge >= 0.3 is 6.18 Å². The number of amides is 1. The summed E-state index contributed by atoms with van der Waals surface area (Å²) < 4.78 is 42.8. The summed E-state index contributed by atoms with van der Waals surface area (Å²) >= 11 is 0. The zero-order valence-electron chi connectivity index (χ0n) is 19.2. The van der Waals surface area contributed by atoms with Gasteiger partial charge in [0.15, 0.2) is 5.65 Å². The molecule has 36 heavy (non-hydrogen) atoms. The fraction of sp³-hybridized carbons (Fsp3) is 0.192. The fourth-order valence-corrected chi connectivity index (χ4v) is 4.23. The summed E-state index contributed by atoms with van der Waals surface area (Å²) in [6, 6.07) is 14.6. The van der Waals surface area contributed by atoms with E-state index in [1.54, 1.807) is 51.8 Å². The molecule has 0 aliphatic rings. The molecule has 0 aliphatic carbocycles. The first-order valence-electron chi connectivity index (χ1n) is 11.3. The lowest BCUT2D eigenvalue weighted by Crippen LogP contribution is -2.31. The highest BCUT2D eigenvalue weighted by molar-refractivity contribution is 6.10. The normalized spacial score (nSPS) is 12.8. The average molecular weight is 493 g/mol. The van der Waals surface area contributed by atoms with Crippen molar-refractivity contribution in [3.05, 3.63) is 89.9 Å². The van der Waals surface area contributed by atoms with Crippen LogP contribution in [0.25, 0.3) is 27.6 Å². The van der Waals surface area contributed by atoms with Crippen molar-refractivity contribution in [2.45, 2.75) is 25.7 Å². The quantitative estimate of drug-likeness (QED) is 0.353. The Balaban J connectivity index is 1.57. The third kappa shape index (κ3) is 4.20. The van der Waals surface area contributed by atoms with E-state index in [2.05, 4.69) is 15.4 Å². The number of nitrogens with one attached hydrogen (secondary N) is 1. The minimum absolute atomic E-state index is 0.317. The second kappa shape index (κ2) is 9.12. The first kappa shape index (κ1) is 23.6. The maximum Gasteiger partial charge on any atom is 0.416 e. The average Bonchev–Trinajstić information content (AvgIpc) is 3.43. The minimum Gasteiger partial charge on any atom is -0.394 e. The molecular weight excluding hydrogens is 471 g/mol. The van der Waals surface area contributed by atoms with Crippen LogP contribution in [0.3, 0.4) is 0 Å². The van der Waals surface area contributed by atoms with Crippen molar-refractivity contribution in [2.75, 3.05) is 6.61 Å². The molecule has 5 rings (SSSR count). The Morgan fingerprint density at radius 2 is 1.86 bits per heavy atom. The molecule has 0 aliphatic heterocycles. The van der Waals surface area contributed by atoms with Crippen LogP contribution in [0.4, 0.5) is 13.2 Å². The third-order valence-corrected chi connectivity index (χ3v) is 6.05. The van der Waals surface area contributed by atoms with Crippen LogP contribution in [0.15, 0.2) is 73.1 Å². The lowest BCUT2D eigenvalue weighted by atomic mass is 10.1. The van der Waals surface area contributed by atoms with Crippen molar-refractivity contribution in [1.29, 1.82) is 0 Å². The van der Waals surface area contributed by atoms with Gasteiger partial charge < -0.3 is 10.4 Å². The van der Waals surface area contributed by atoms with E-state index in [1.165, 1.54) is 12.1 Å². The number of alkyl halides is 3.